The van der Waals surface area contributed by atoms with E-state index >= 15 is 0 Å². The van der Waals surface area contributed by atoms with Crippen molar-refractivity contribution in [2.75, 3.05) is 5.48 Å². The van der Waals surface area contributed by atoms with E-state index in [4.69, 9.17) is 4.28 Å². The van der Waals surface area contributed by atoms with E-state index in [0.717, 1.165) is 5.56 Å². The molecule has 18 heavy (non-hydrogen) atoms. The van der Waals surface area contributed by atoms with Crippen molar-refractivity contribution in [1.29, 1.82) is 0 Å². The largest absolute Gasteiger partial charge is 0.317 e. The molecule has 0 atom stereocenters. The van der Waals surface area contributed by atoms with E-state index < -0.39 is 10.1 Å². The Labute approximate surface area is 106 Å². The van der Waals surface area contributed by atoms with Crippen LogP contribution in [0.3, 0.4) is 0 Å². The Kier molecular flexibility index (Phi) is 3.64. The SMILES string of the molecule is Cc1cccc(S(=O)(=O)ONc2ccccc2)c1. The van der Waals surface area contributed by atoms with Gasteiger partial charge in [-0.1, -0.05) is 30.3 Å². The van der Waals surface area contributed by atoms with E-state index in [0.29, 0.717) is 5.69 Å². The normalized spacial score (nSPS) is 11.2. The molecule has 0 radical (unpaired) electrons. The Balaban J connectivity index is 2.13. The fourth-order valence-electron chi connectivity index (χ4n) is 1.43. The molecule has 0 fully saturated rings. The second-order valence-corrected chi connectivity index (χ2v) is 5.37. The molecular formula is C13H13NO3S. The average Bonchev–Trinajstić information content (AvgIpc) is 2.38. The molecule has 94 valence electrons. The van der Waals surface area contributed by atoms with Gasteiger partial charge in [0.05, 0.1) is 10.6 Å². The number of hydrogen-bond donors (Lipinski definition) is 1. The molecule has 0 unspecified atom stereocenters. The van der Waals surface area contributed by atoms with Crippen molar-refractivity contribution in [3.8, 4) is 0 Å². The van der Waals surface area contributed by atoms with E-state index in [1.165, 1.54) is 6.07 Å². The lowest BCUT2D eigenvalue weighted by atomic mass is 10.2. The summed E-state index contributed by atoms with van der Waals surface area (Å²) in [6, 6.07) is 15.4. The van der Waals surface area contributed by atoms with Crippen molar-refractivity contribution in [3.05, 3.63) is 60.2 Å². The van der Waals surface area contributed by atoms with Crippen LogP contribution in [0.5, 0.6) is 0 Å². The Hall–Kier alpha value is -1.85. The van der Waals surface area contributed by atoms with Gasteiger partial charge in [0, 0.05) is 0 Å². The first kappa shape index (κ1) is 12.6. The zero-order valence-electron chi connectivity index (χ0n) is 9.83. The fourth-order valence-corrected chi connectivity index (χ4v) is 2.31. The highest BCUT2D eigenvalue weighted by Gasteiger charge is 2.15. The van der Waals surface area contributed by atoms with Gasteiger partial charge in [-0.05, 0) is 36.8 Å². The maximum atomic E-state index is 11.9. The third-order valence-electron chi connectivity index (χ3n) is 2.32. The van der Waals surface area contributed by atoms with E-state index in [2.05, 4.69) is 5.48 Å². The van der Waals surface area contributed by atoms with Crippen molar-refractivity contribution in [2.45, 2.75) is 11.8 Å². The molecule has 5 heteroatoms. The molecule has 0 amide bonds. The molecule has 0 bridgehead atoms. The maximum absolute atomic E-state index is 11.9. The number of para-hydroxylation sites is 1. The minimum absolute atomic E-state index is 0.130. The van der Waals surface area contributed by atoms with Gasteiger partial charge in [0.2, 0.25) is 0 Å². The number of anilines is 1. The van der Waals surface area contributed by atoms with Crippen LogP contribution < -0.4 is 5.48 Å². The second-order valence-electron chi connectivity index (χ2n) is 3.82. The van der Waals surface area contributed by atoms with Gasteiger partial charge in [-0.2, -0.15) is 8.42 Å². The standard InChI is InChI=1S/C13H13NO3S/c1-11-6-5-9-13(10-11)18(15,16)17-14-12-7-3-2-4-8-12/h2-10,14H,1H3. The molecule has 0 aromatic heterocycles. The first-order chi connectivity index (χ1) is 8.58. The lowest BCUT2D eigenvalue weighted by Gasteiger charge is -2.07. The van der Waals surface area contributed by atoms with Crippen LogP contribution in [-0.4, -0.2) is 8.42 Å². The minimum Gasteiger partial charge on any atom is -0.249 e. The van der Waals surface area contributed by atoms with Crippen LogP contribution in [0.2, 0.25) is 0 Å². The van der Waals surface area contributed by atoms with Crippen LogP contribution in [0, 0.1) is 6.92 Å². The molecule has 2 aromatic rings. The number of hydrogen-bond acceptors (Lipinski definition) is 4. The van der Waals surface area contributed by atoms with Gasteiger partial charge in [-0.25, -0.2) is 5.48 Å². The van der Waals surface area contributed by atoms with Crippen molar-refractivity contribution in [2.24, 2.45) is 0 Å². The summed E-state index contributed by atoms with van der Waals surface area (Å²) in [6.45, 7) is 1.82. The molecule has 0 saturated carbocycles. The van der Waals surface area contributed by atoms with Gasteiger partial charge in [0.25, 0.3) is 0 Å². The first-order valence-corrected chi connectivity index (χ1v) is 6.80. The predicted molar refractivity (Wildman–Crippen MR) is 69.5 cm³/mol. The van der Waals surface area contributed by atoms with Gasteiger partial charge >= 0.3 is 10.1 Å². The zero-order valence-corrected chi connectivity index (χ0v) is 10.6. The second kappa shape index (κ2) is 5.20. The number of benzene rings is 2. The third kappa shape index (κ3) is 3.09. The molecule has 1 N–H and O–H groups in total. The van der Waals surface area contributed by atoms with Crippen LogP contribution >= 0.6 is 0 Å². The number of rotatable bonds is 4. The Morgan fingerprint density at radius 1 is 1.00 bits per heavy atom. The molecule has 0 spiro atoms. The van der Waals surface area contributed by atoms with Gasteiger partial charge in [0.15, 0.2) is 0 Å². The third-order valence-corrected chi connectivity index (χ3v) is 3.46. The van der Waals surface area contributed by atoms with E-state index in [1.807, 2.05) is 19.1 Å². The molecule has 0 aliphatic rings. The van der Waals surface area contributed by atoms with Gasteiger partial charge < -0.3 is 0 Å². The van der Waals surface area contributed by atoms with E-state index in [9.17, 15) is 8.42 Å². The molecular weight excluding hydrogens is 250 g/mol. The fraction of sp³-hybridized carbons (Fsp3) is 0.0769. The van der Waals surface area contributed by atoms with Crippen molar-refractivity contribution in [1.82, 2.24) is 0 Å². The van der Waals surface area contributed by atoms with Gasteiger partial charge in [-0.15, -0.1) is 4.28 Å². The monoisotopic (exact) mass is 263 g/mol. The summed E-state index contributed by atoms with van der Waals surface area (Å²) in [6.07, 6.45) is 0. The molecule has 0 saturated heterocycles. The van der Waals surface area contributed by atoms with Crippen LogP contribution in [0.25, 0.3) is 0 Å². The maximum Gasteiger partial charge on any atom is 0.317 e. The Morgan fingerprint density at radius 2 is 1.72 bits per heavy atom. The average molecular weight is 263 g/mol. The highest BCUT2D eigenvalue weighted by atomic mass is 32.2. The zero-order chi connectivity index (χ0) is 13.0. The lowest BCUT2D eigenvalue weighted by molar-refractivity contribution is 0.390. The van der Waals surface area contributed by atoms with E-state index in [1.54, 1.807) is 36.4 Å². The van der Waals surface area contributed by atoms with Crippen LogP contribution in [0.15, 0.2) is 59.5 Å². The van der Waals surface area contributed by atoms with E-state index in [-0.39, 0.29) is 4.90 Å². The highest BCUT2D eigenvalue weighted by molar-refractivity contribution is 7.86. The van der Waals surface area contributed by atoms with Crippen LogP contribution in [-0.2, 0) is 14.4 Å². The Morgan fingerprint density at radius 3 is 2.39 bits per heavy atom. The summed E-state index contributed by atoms with van der Waals surface area (Å²) in [7, 11) is -3.79. The summed E-state index contributed by atoms with van der Waals surface area (Å²) >= 11 is 0. The summed E-state index contributed by atoms with van der Waals surface area (Å²) in [5.74, 6) is 0. The quantitative estimate of drug-likeness (QED) is 0.862. The van der Waals surface area contributed by atoms with Crippen molar-refractivity contribution < 1.29 is 12.7 Å². The summed E-state index contributed by atoms with van der Waals surface area (Å²) in [5.41, 5.74) is 3.85. The molecule has 0 aliphatic carbocycles. The minimum atomic E-state index is -3.79. The molecule has 2 aromatic carbocycles. The predicted octanol–water partition coefficient (Wildman–Crippen LogP) is 2.73. The summed E-state index contributed by atoms with van der Waals surface area (Å²) < 4.78 is 28.5. The topological polar surface area (TPSA) is 55.4 Å². The highest BCUT2D eigenvalue weighted by Crippen LogP contribution is 2.15. The molecule has 0 heterocycles. The lowest BCUT2D eigenvalue weighted by Crippen LogP contribution is -2.11. The smallest absolute Gasteiger partial charge is 0.249 e. The number of aryl methyl sites for hydroxylation is 1. The van der Waals surface area contributed by atoms with Gasteiger partial charge in [0.1, 0.15) is 0 Å². The Bertz CT molecular complexity index is 624. The molecule has 4 nitrogen and oxygen atoms in total. The van der Waals surface area contributed by atoms with Crippen LogP contribution in [0.1, 0.15) is 5.56 Å². The molecule has 2 rings (SSSR count). The first-order valence-electron chi connectivity index (χ1n) is 5.39. The number of nitrogens with one attached hydrogen (secondary N) is 1. The van der Waals surface area contributed by atoms with Crippen molar-refractivity contribution in [3.63, 3.8) is 0 Å². The summed E-state index contributed by atoms with van der Waals surface area (Å²) in [4.78, 5) is 0.130. The molecule has 0 aliphatic heterocycles. The van der Waals surface area contributed by atoms with Crippen LogP contribution in [0.4, 0.5) is 5.69 Å². The summed E-state index contributed by atoms with van der Waals surface area (Å²) in [5, 5.41) is 0. The van der Waals surface area contributed by atoms with Crippen molar-refractivity contribution >= 4 is 15.8 Å². The van der Waals surface area contributed by atoms with Gasteiger partial charge in [-0.3, -0.25) is 0 Å².